The van der Waals surface area contributed by atoms with E-state index in [1.807, 2.05) is 24.3 Å². The zero-order valence-electron chi connectivity index (χ0n) is 17.0. The summed E-state index contributed by atoms with van der Waals surface area (Å²) in [6.07, 6.45) is 2.29. The summed E-state index contributed by atoms with van der Waals surface area (Å²) in [6.45, 7) is 1.33. The van der Waals surface area contributed by atoms with Gasteiger partial charge < -0.3 is 9.47 Å². The van der Waals surface area contributed by atoms with Gasteiger partial charge in [-0.15, -0.1) is 22.0 Å². The van der Waals surface area contributed by atoms with Gasteiger partial charge in [0.25, 0.3) is 0 Å². The van der Waals surface area contributed by atoms with Gasteiger partial charge in [0.05, 0.1) is 12.3 Å². The molecule has 2 aromatic carbocycles. The molecule has 1 amide bonds. The van der Waals surface area contributed by atoms with Crippen molar-refractivity contribution in [1.82, 2.24) is 19.7 Å². The average molecular weight is 455 g/mol. The Balaban J connectivity index is 1.30. The van der Waals surface area contributed by atoms with E-state index in [0.29, 0.717) is 24.6 Å². The second kappa shape index (κ2) is 9.04. The highest BCUT2D eigenvalue weighted by Crippen LogP contribution is 2.41. The number of amides is 1. The molecule has 1 atom stereocenters. The minimum Gasteiger partial charge on any atom is -0.325 e. The number of aromatic nitrogens is 3. The van der Waals surface area contributed by atoms with Crippen molar-refractivity contribution < 1.29 is 9.18 Å². The van der Waals surface area contributed by atoms with Gasteiger partial charge in [-0.3, -0.25) is 4.79 Å². The van der Waals surface area contributed by atoms with Gasteiger partial charge in [0.1, 0.15) is 17.0 Å². The van der Waals surface area contributed by atoms with Crippen molar-refractivity contribution in [3.8, 4) is 0 Å². The highest BCUT2D eigenvalue weighted by molar-refractivity contribution is 8.00. The fourth-order valence-corrected chi connectivity index (χ4v) is 5.96. The second-order valence-electron chi connectivity index (χ2n) is 7.81. The third-order valence-corrected chi connectivity index (χ3v) is 7.77. The summed E-state index contributed by atoms with van der Waals surface area (Å²) in [5.74, 6) is 2.31. The molecule has 2 fully saturated rings. The van der Waals surface area contributed by atoms with E-state index in [-0.39, 0.29) is 22.9 Å². The predicted octanol–water partition coefficient (Wildman–Crippen LogP) is 4.71. The largest absolute Gasteiger partial charge is 0.325 e. The van der Waals surface area contributed by atoms with Crippen molar-refractivity contribution in [2.24, 2.45) is 0 Å². The van der Waals surface area contributed by atoms with Gasteiger partial charge in [-0.25, -0.2) is 4.39 Å². The van der Waals surface area contributed by atoms with E-state index < -0.39 is 0 Å². The molecule has 1 aromatic heterocycles. The van der Waals surface area contributed by atoms with E-state index in [4.69, 9.17) is 0 Å². The third-order valence-electron chi connectivity index (χ3n) is 5.58. The van der Waals surface area contributed by atoms with E-state index in [2.05, 4.69) is 26.9 Å². The lowest BCUT2D eigenvalue weighted by atomic mass is 10.2. The van der Waals surface area contributed by atoms with Crippen LogP contribution >= 0.6 is 23.5 Å². The zero-order chi connectivity index (χ0) is 21.2. The van der Waals surface area contributed by atoms with Crippen LogP contribution in [0.4, 0.5) is 4.39 Å². The van der Waals surface area contributed by atoms with Gasteiger partial charge >= 0.3 is 0 Å². The monoisotopic (exact) mass is 454 g/mol. The fraction of sp³-hybridized carbons (Fsp3) is 0.348. The molecule has 0 N–H and O–H groups in total. The molecule has 160 valence electrons. The Hall–Kier alpha value is -2.32. The average Bonchev–Trinajstić information content (AvgIpc) is 3.38. The van der Waals surface area contributed by atoms with Gasteiger partial charge in [-0.05, 0) is 24.5 Å². The smallest absolute Gasteiger partial charge is 0.234 e. The molecule has 5 rings (SSSR count). The van der Waals surface area contributed by atoms with Crippen LogP contribution in [0.3, 0.4) is 0 Å². The molecule has 0 radical (unpaired) electrons. The number of hydrogen-bond acceptors (Lipinski definition) is 5. The van der Waals surface area contributed by atoms with Crippen molar-refractivity contribution in [2.45, 2.75) is 35.8 Å². The number of carbonyl (C=O) groups excluding carboxylic acids is 1. The Labute approximate surface area is 189 Å². The van der Waals surface area contributed by atoms with Crippen LogP contribution in [0.5, 0.6) is 0 Å². The van der Waals surface area contributed by atoms with Crippen LogP contribution in [0.2, 0.25) is 0 Å². The molecule has 3 aromatic rings. The number of halogens is 1. The van der Waals surface area contributed by atoms with E-state index >= 15 is 0 Å². The first-order valence-corrected chi connectivity index (χ1v) is 12.5. The number of carbonyl (C=O) groups is 1. The maximum absolute atomic E-state index is 14.3. The summed E-state index contributed by atoms with van der Waals surface area (Å²) in [4.78, 5) is 14.8. The van der Waals surface area contributed by atoms with Crippen molar-refractivity contribution in [3.05, 3.63) is 77.4 Å². The van der Waals surface area contributed by atoms with Crippen molar-refractivity contribution in [1.29, 1.82) is 0 Å². The number of thioether (sulfide) groups is 2. The van der Waals surface area contributed by atoms with Crippen molar-refractivity contribution >= 4 is 29.4 Å². The number of nitrogens with zero attached hydrogens (tertiary/aromatic N) is 4. The maximum atomic E-state index is 14.3. The van der Waals surface area contributed by atoms with E-state index in [1.165, 1.54) is 23.4 Å². The Kier molecular flexibility index (Phi) is 6.00. The minimum absolute atomic E-state index is 0.00508. The fourth-order valence-electron chi connectivity index (χ4n) is 3.83. The first-order chi connectivity index (χ1) is 15.2. The molecule has 31 heavy (non-hydrogen) atoms. The number of hydrogen-bond donors (Lipinski definition) is 0. The molecule has 2 aliphatic rings. The van der Waals surface area contributed by atoms with Crippen molar-refractivity contribution in [2.75, 3.05) is 18.1 Å². The molecule has 2 heterocycles. The van der Waals surface area contributed by atoms with Gasteiger partial charge in [0, 0.05) is 23.8 Å². The molecule has 0 unspecified atom stereocenters. The highest BCUT2D eigenvalue weighted by atomic mass is 32.2. The molecule has 1 saturated carbocycles. The first-order valence-electron chi connectivity index (χ1n) is 10.5. The number of benzene rings is 2. The summed E-state index contributed by atoms with van der Waals surface area (Å²) in [7, 11) is 0. The van der Waals surface area contributed by atoms with Gasteiger partial charge in [-0.1, -0.05) is 60.3 Å². The Morgan fingerprint density at radius 2 is 1.87 bits per heavy atom. The second-order valence-corrected chi connectivity index (χ2v) is 9.94. The Morgan fingerprint density at radius 3 is 2.65 bits per heavy atom. The van der Waals surface area contributed by atoms with Crippen LogP contribution in [-0.4, -0.2) is 43.6 Å². The quantitative estimate of drug-likeness (QED) is 0.484. The lowest BCUT2D eigenvalue weighted by molar-refractivity contribution is -0.128. The van der Waals surface area contributed by atoms with E-state index in [1.54, 1.807) is 28.8 Å². The van der Waals surface area contributed by atoms with Crippen LogP contribution in [0.15, 0.2) is 59.8 Å². The molecule has 0 bridgehead atoms. The Bertz CT molecular complexity index is 1070. The molecule has 1 aliphatic heterocycles. The van der Waals surface area contributed by atoms with Crippen LogP contribution in [0.1, 0.15) is 41.1 Å². The molecule has 0 spiro atoms. The molecule has 8 heteroatoms. The topological polar surface area (TPSA) is 51.0 Å². The van der Waals surface area contributed by atoms with Gasteiger partial charge in [-0.2, -0.15) is 0 Å². The predicted molar refractivity (Wildman–Crippen MR) is 122 cm³/mol. The van der Waals surface area contributed by atoms with Crippen LogP contribution in [0, 0.1) is 5.82 Å². The summed E-state index contributed by atoms with van der Waals surface area (Å²) >= 11 is 3.04. The highest BCUT2D eigenvalue weighted by Gasteiger charge is 2.33. The van der Waals surface area contributed by atoms with Crippen LogP contribution in [-0.2, 0) is 11.3 Å². The SMILES string of the molecule is O=C(CSc1nnc(C2CC2)n1Cc1ccccc1)N1CCS[C@@H]1c1ccccc1F. The molecular weight excluding hydrogens is 431 g/mol. The lowest BCUT2D eigenvalue weighted by Crippen LogP contribution is -2.32. The Morgan fingerprint density at radius 1 is 1.10 bits per heavy atom. The van der Waals surface area contributed by atoms with Crippen LogP contribution in [0.25, 0.3) is 0 Å². The molecule has 5 nitrogen and oxygen atoms in total. The molecule has 1 saturated heterocycles. The van der Waals surface area contributed by atoms with Crippen molar-refractivity contribution in [3.63, 3.8) is 0 Å². The standard InChI is InChI=1S/C23H23FN4OS2/c24-19-9-5-4-8-18(19)22-27(12-13-30-22)20(29)15-31-23-26-25-21(17-10-11-17)28(23)14-16-6-2-1-3-7-16/h1-9,17,22H,10-15H2/t22-/m1/s1. The maximum Gasteiger partial charge on any atom is 0.234 e. The van der Waals surface area contributed by atoms with Crippen LogP contribution < -0.4 is 0 Å². The summed E-state index contributed by atoms with van der Waals surface area (Å²) < 4.78 is 16.4. The zero-order valence-corrected chi connectivity index (χ0v) is 18.6. The normalized spacial score (nSPS) is 18.5. The first kappa shape index (κ1) is 20.6. The minimum atomic E-state index is -0.265. The molecular formula is C23H23FN4OS2. The number of rotatable bonds is 7. The lowest BCUT2D eigenvalue weighted by Gasteiger charge is -2.24. The summed E-state index contributed by atoms with van der Waals surface area (Å²) in [6, 6.07) is 17.0. The van der Waals surface area contributed by atoms with E-state index in [9.17, 15) is 9.18 Å². The van der Waals surface area contributed by atoms with Gasteiger partial charge in [0.2, 0.25) is 5.91 Å². The summed E-state index contributed by atoms with van der Waals surface area (Å²) in [5.41, 5.74) is 1.76. The molecule has 1 aliphatic carbocycles. The summed E-state index contributed by atoms with van der Waals surface area (Å²) in [5, 5.41) is 9.35. The van der Waals surface area contributed by atoms with Gasteiger partial charge in [0.15, 0.2) is 5.16 Å². The third kappa shape index (κ3) is 4.50. The van der Waals surface area contributed by atoms with E-state index in [0.717, 1.165) is 29.6 Å².